The summed E-state index contributed by atoms with van der Waals surface area (Å²) in [4.78, 5) is 29.3. The smallest absolute Gasteiger partial charge is 0.257 e. The molecule has 0 aliphatic carbocycles. The molecule has 0 saturated carbocycles. The Labute approximate surface area is 209 Å². The van der Waals surface area contributed by atoms with Gasteiger partial charge in [-0.3, -0.25) is 14.1 Å². The van der Waals surface area contributed by atoms with Crippen molar-refractivity contribution in [3.05, 3.63) is 96.2 Å². The van der Waals surface area contributed by atoms with Crippen LogP contribution in [0.4, 0.5) is 23.1 Å². The van der Waals surface area contributed by atoms with Crippen molar-refractivity contribution in [3.8, 4) is 0 Å². The number of pyridine rings is 2. The molecule has 36 heavy (non-hydrogen) atoms. The Balaban J connectivity index is 1.39. The van der Waals surface area contributed by atoms with Crippen molar-refractivity contribution in [2.24, 2.45) is 0 Å². The highest BCUT2D eigenvalue weighted by atomic mass is 32.2. The van der Waals surface area contributed by atoms with E-state index in [1.54, 1.807) is 48.9 Å². The maximum Gasteiger partial charge on any atom is 0.257 e. The Morgan fingerprint density at radius 1 is 0.917 bits per heavy atom. The Bertz CT molecular complexity index is 1450. The third kappa shape index (κ3) is 6.39. The van der Waals surface area contributed by atoms with Crippen LogP contribution in [-0.4, -0.2) is 47.6 Å². The highest BCUT2D eigenvalue weighted by Crippen LogP contribution is 2.21. The van der Waals surface area contributed by atoms with Gasteiger partial charge >= 0.3 is 0 Å². The molecule has 4 aromatic rings. The van der Waals surface area contributed by atoms with Crippen LogP contribution in [0.3, 0.4) is 0 Å². The summed E-state index contributed by atoms with van der Waals surface area (Å²) in [6.07, 6.45) is 8.65. The lowest BCUT2D eigenvalue weighted by Crippen LogP contribution is -2.27. The topological polar surface area (TPSA) is 130 Å². The molecule has 0 atom stereocenters. The molecule has 0 aliphatic heterocycles. The second-order valence-electron chi connectivity index (χ2n) is 7.99. The monoisotopic (exact) mass is 503 g/mol. The molecule has 0 radical (unpaired) electrons. The molecule has 1 aromatic carbocycles. The van der Waals surface area contributed by atoms with Gasteiger partial charge in [-0.2, -0.15) is 0 Å². The molecule has 10 nitrogen and oxygen atoms in total. The first-order chi connectivity index (χ1) is 17.3. The standard InChI is InChI=1S/C25H25N7O3S/c1-32(36(2,34)35)23-18(5-4-15-27-23)7-8-22-13-16-28-25(31-22)30-21-11-9-20(10-12-21)29-24(33)19-6-3-14-26-17-19/h3-6,9-17H,7-8H2,1-2H3,(H,29,33)(H,28,30,31). The van der Waals surface area contributed by atoms with E-state index in [1.165, 1.54) is 17.5 Å². The maximum absolute atomic E-state index is 12.3. The van der Waals surface area contributed by atoms with E-state index in [0.29, 0.717) is 35.9 Å². The second-order valence-corrected chi connectivity index (χ2v) is 10.0. The predicted octanol–water partition coefficient (Wildman–Crippen LogP) is 3.44. The lowest BCUT2D eigenvalue weighted by atomic mass is 10.1. The zero-order valence-electron chi connectivity index (χ0n) is 19.8. The molecule has 1 amide bonds. The van der Waals surface area contributed by atoms with Gasteiger partial charge in [0.1, 0.15) is 5.82 Å². The van der Waals surface area contributed by atoms with Gasteiger partial charge in [0.2, 0.25) is 16.0 Å². The van der Waals surface area contributed by atoms with E-state index in [-0.39, 0.29) is 5.91 Å². The number of aryl methyl sites for hydroxylation is 2. The molecule has 11 heteroatoms. The van der Waals surface area contributed by atoms with Crippen molar-refractivity contribution in [3.63, 3.8) is 0 Å². The molecular formula is C25H25N7O3S. The van der Waals surface area contributed by atoms with E-state index in [0.717, 1.165) is 23.2 Å². The number of rotatable bonds is 9. The largest absolute Gasteiger partial charge is 0.324 e. The number of hydrogen-bond donors (Lipinski definition) is 2. The number of benzene rings is 1. The van der Waals surface area contributed by atoms with Gasteiger partial charge in [0.05, 0.1) is 11.8 Å². The first kappa shape index (κ1) is 24.7. The predicted molar refractivity (Wildman–Crippen MR) is 139 cm³/mol. The summed E-state index contributed by atoms with van der Waals surface area (Å²) >= 11 is 0. The van der Waals surface area contributed by atoms with E-state index in [2.05, 4.69) is 30.6 Å². The summed E-state index contributed by atoms with van der Waals surface area (Å²) < 4.78 is 25.1. The number of carbonyl (C=O) groups excluding carboxylic acids is 1. The molecule has 0 fully saturated rings. The fourth-order valence-corrected chi connectivity index (χ4v) is 3.87. The van der Waals surface area contributed by atoms with Gasteiger partial charge in [0, 0.05) is 48.9 Å². The van der Waals surface area contributed by atoms with Crippen molar-refractivity contribution < 1.29 is 13.2 Å². The normalized spacial score (nSPS) is 11.1. The maximum atomic E-state index is 12.3. The molecule has 0 bridgehead atoms. The first-order valence-electron chi connectivity index (χ1n) is 11.1. The van der Waals surface area contributed by atoms with Gasteiger partial charge in [-0.05, 0) is 66.9 Å². The van der Waals surface area contributed by atoms with Crippen LogP contribution in [0.15, 0.2) is 79.4 Å². The first-order valence-corrected chi connectivity index (χ1v) is 12.9. The number of anilines is 4. The summed E-state index contributed by atoms with van der Waals surface area (Å²) in [5.41, 5.74) is 3.49. The van der Waals surface area contributed by atoms with Crippen LogP contribution >= 0.6 is 0 Å². The molecule has 0 aliphatic rings. The quantitative estimate of drug-likeness (QED) is 0.355. The minimum absolute atomic E-state index is 0.237. The SMILES string of the molecule is CN(c1ncccc1CCc1ccnc(Nc2ccc(NC(=O)c3cccnc3)cc2)n1)S(C)(=O)=O. The van der Waals surface area contributed by atoms with E-state index in [1.807, 2.05) is 24.3 Å². The van der Waals surface area contributed by atoms with Gasteiger partial charge in [-0.1, -0.05) is 6.07 Å². The number of amides is 1. The van der Waals surface area contributed by atoms with Crippen LogP contribution in [-0.2, 0) is 22.9 Å². The number of nitrogens with zero attached hydrogens (tertiary/aromatic N) is 5. The highest BCUT2D eigenvalue weighted by Gasteiger charge is 2.17. The molecule has 3 heterocycles. The average molecular weight is 504 g/mol. The summed E-state index contributed by atoms with van der Waals surface area (Å²) in [7, 11) is -1.93. The number of hydrogen-bond acceptors (Lipinski definition) is 8. The zero-order chi connectivity index (χ0) is 25.5. The summed E-state index contributed by atoms with van der Waals surface area (Å²) in [5, 5.41) is 5.99. The fraction of sp³-hybridized carbons (Fsp3) is 0.160. The van der Waals surface area contributed by atoms with Crippen LogP contribution in [0.1, 0.15) is 21.6 Å². The minimum Gasteiger partial charge on any atom is -0.324 e. The van der Waals surface area contributed by atoms with Crippen LogP contribution in [0, 0.1) is 0 Å². The molecule has 0 saturated heterocycles. The minimum atomic E-state index is -3.42. The molecular weight excluding hydrogens is 478 g/mol. The van der Waals surface area contributed by atoms with Gasteiger partial charge in [0.15, 0.2) is 0 Å². The van der Waals surface area contributed by atoms with Crippen LogP contribution in [0.5, 0.6) is 0 Å². The van der Waals surface area contributed by atoms with Crippen LogP contribution < -0.4 is 14.9 Å². The Kier molecular flexibility index (Phi) is 7.50. The summed E-state index contributed by atoms with van der Waals surface area (Å²) in [5.74, 6) is 0.599. The Morgan fingerprint density at radius 2 is 1.67 bits per heavy atom. The number of aromatic nitrogens is 4. The molecule has 184 valence electrons. The van der Waals surface area contributed by atoms with Crippen molar-refractivity contribution in [2.75, 3.05) is 28.2 Å². The van der Waals surface area contributed by atoms with E-state index in [4.69, 9.17) is 0 Å². The van der Waals surface area contributed by atoms with Gasteiger partial charge in [-0.25, -0.2) is 23.4 Å². The van der Waals surface area contributed by atoms with Crippen LogP contribution in [0.2, 0.25) is 0 Å². The summed E-state index contributed by atoms with van der Waals surface area (Å²) in [6.45, 7) is 0. The molecule has 3 aromatic heterocycles. The van der Waals surface area contributed by atoms with Crippen LogP contribution in [0.25, 0.3) is 0 Å². The van der Waals surface area contributed by atoms with Crippen molar-refractivity contribution >= 4 is 39.1 Å². The van der Waals surface area contributed by atoms with Gasteiger partial charge in [0.25, 0.3) is 5.91 Å². The lowest BCUT2D eigenvalue weighted by molar-refractivity contribution is 0.102. The highest BCUT2D eigenvalue weighted by molar-refractivity contribution is 7.92. The number of carbonyl (C=O) groups is 1. The van der Waals surface area contributed by atoms with E-state index in [9.17, 15) is 13.2 Å². The van der Waals surface area contributed by atoms with Crippen molar-refractivity contribution in [1.29, 1.82) is 0 Å². The third-order valence-corrected chi connectivity index (χ3v) is 6.52. The summed E-state index contributed by atoms with van der Waals surface area (Å²) in [6, 6.07) is 16.1. The molecule has 0 spiro atoms. The van der Waals surface area contributed by atoms with E-state index >= 15 is 0 Å². The van der Waals surface area contributed by atoms with Gasteiger partial charge < -0.3 is 10.6 Å². The van der Waals surface area contributed by atoms with E-state index < -0.39 is 10.0 Å². The number of nitrogens with one attached hydrogen (secondary N) is 2. The van der Waals surface area contributed by atoms with Gasteiger partial charge in [-0.15, -0.1) is 0 Å². The zero-order valence-corrected chi connectivity index (χ0v) is 20.6. The Morgan fingerprint density at radius 3 is 2.39 bits per heavy atom. The third-order valence-electron chi connectivity index (χ3n) is 5.35. The molecule has 0 unspecified atom stereocenters. The van der Waals surface area contributed by atoms with Crippen molar-refractivity contribution in [1.82, 2.24) is 19.9 Å². The molecule has 2 N–H and O–H groups in total. The number of sulfonamides is 1. The lowest BCUT2D eigenvalue weighted by Gasteiger charge is -2.18. The average Bonchev–Trinajstić information content (AvgIpc) is 2.88. The fourth-order valence-electron chi connectivity index (χ4n) is 3.39. The molecule has 4 rings (SSSR count). The van der Waals surface area contributed by atoms with Crippen molar-refractivity contribution in [2.45, 2.75) is 12.8 Å². The second kappa shape index (κ2) is 10.9. The Hall–Kier alpha value is -4.38.